The molecule has 0 amide bonds. The average molecular weight is 280 g/mol. The third-order valence-electron chi connectivity index (χ3n) is 4.22. The largest absolute Gasteiger partial charge is 0.378 e. The van der Waals surface area contributed by atoms with E-state index in [9.17, 15) is 0 Å². The molecule has 0 spiro atoms. The molecule has 1 fully saturated rings. The fourth-order valence-corrected chi connectivity index (χ4v) is 2.69. The van der Waals surface area contributed by atoms with Gasteiger partial charge in [0.25, 0.3) is 0 Å². The third-order valence-corrected chi connectivity index (χ3v) is 4.22. The normalized spacial score (nSPS) is 22.6. The SMILES string of the molecule is CCC(C)n1ccc(CC(CC2CCCCO2)NN)n1. The number of hydrogen-bond acceptors (Lipinski definition) is 4. The van der Waals surface area contributed by atoms with Crippen LogP contribution in [0.4, 0.5) is 0 Å². The summed E-state index contributed by atoms with van der Waals surface area (Å²) in [5.41, 5.74) is 4.02. The summed E-state index contributed by atoms with van der Waals surface area (Å²) in [5, 5.41) is 4.64. The van der Waals surface area contributed by atoms with Gasteiger partial charge < -0.3 is 4.74 Å². The van der Waals surface area contributed by atoms with E-state index in [1.54, 1.807) is 0 Å². The van der Waals surface area contributed by atoms with E-state index >= 15 is 0 Å². The van der Waals surface area contributed by atoms with Gasteiger partial charge >= 0.3 is 0 Å². The molecule has 2 rings (SSSR count). The Morgan fingerprint density at radius 1 is 1.55 bits per heavy atom. The number of rotatable bonds is 7. The van der Waals surface area contributed by atoms with Crippen molar-refractivity contribution in [2.75, 3.05) is 6.61 Å². The molecule has 114 valence electrons. The zero-order chi connectivity index (χ0) is 14.4. The highest BCUT2D eigenvalue weighted by atomic mass is 16.5. The van der Waals surface area contributed by atoms with Crippen molar-refractivity contribution in [3.8, 4) is 0 Å². The number of aromatic nitrogens is 2. The van der Waals surface area contributed by atoms with E-state index in [0.29, 0.717) is 12.1 Å². The first-order valence-electron chi connectivity index (χ1n) is 7.84. The number of nitrogens with two attached hydrogens (primary N) is 1. The van der Waals surface area contributed by atoms with Crippen molar-refractivity contribution in [2.45, 2.75) is 70.6 Å². The van der Waals surface area contributed by atoms with E-state index in [2.05, 4.69) is 36.6 Å². The van der Waals surface area contributed by atoms with Crippen LogP contribution in [0, 0.1) is 0 Å². The van der Waals surface area contributed by atoms with Gasteiger partial charge in [-0.15, -0.1) is 0 Å². The van der Waals surface area contributed by atoms with Gasteiger partial charge in [0.15, 0.2) is 0 Å². The average Bonchev–Trinajstić information content (AvgIpc) is 2.95. The number of hydrogen-bond donors (Lipinski definition) is 2. The Hall–Kier alpha value is -0.910. The molecule has 0 aliphatic carbocycles. The molecule has 0 saturated carbocycles. The number of hydrazine groups is 1. The Labute approximate surface area is 121 Å². The second-order valence-corrected chi connectivity index (χ2v) is 5.84. The Bertz CT molecular complexity index is 387. The standard InChI is InChI=1S/C15H28N4O/c1-3-12(2)19-8-7-13(18-19)10-14(17-16)11-15-6-4-5-9-20-15/h7-8,12,14-15,17H,3-6,9-11,16H2,1-2H3. The molecule has 5 nitrogen and oxygen atoms in total. The van der Waals surface area contributed by atoms with Crippen LogP contribution in [-0.2, 0) is 11.2 Å². The highest BCUT2D eigenvalue weighted by Crippen LogP contribution is 2.18. The Morgan fingerprint density at radius 2 is 2.40 bits per heavy atom. The zero-order valence-corrected chi connectivity index (χ0v) is 12.7. The molecule has 3 N–H and O–H groups in total. The predicted molar refractivity (Wildman–Crippen MR) is 80.3 cm³/mol. The molecule has 0 radical (unpaired) electrons. The van der Waals surface area contributed by atoms with E-state index in [1.807, 2.05) is 4.68 Å². The summed E-state index contributed by atoms with van der Waals surface area (Å²) in [6.07, 6.45) is 8.94. The lowest BCUT2D eigenvalue weighted by Gasteiger charge is -2.26. The van der Waals surface area contributed by atoms with Gasteiger partial charge in [-0.2, -0.15) is 5.10 Å². The van der Waals surface area contributed by atoms with Gasteiger partial charge in [-0.1, -0.05) is 6.92 Å². The van der Waals surface area contributed by atoms with Crippen LogP contribution in [0.1, 0.15) is 57.7 Å². The molecule has 20 heavy (non-hydrogen) atoms. The Morgan fingerprint density at radius 3 is 3.05 bits per heavy atom. The smallest absolute Gasteiger partial charge is 0.0640 e. The van der Waals surface area contributed by atoms with Crippen molar-refractivity contribution in [1.82, 2.24) is 15.2 Å². The van der Waals surface area contributed by atoms with Crippen LogP contribution in [0.5, 0.6) is 0 Å². The van der Waals surface area contributed by atoms with Crippen molar-refractivity contribution in [1.29, 1.82) is 0 Å². The summed E-state index contributed by atoms with van der Waals surface area (Å²) in [4.78, 5) is 0. The molecule has 2 heterocycles. The van der Waals surface area contributed by atoms with Gasteiger partial charge in [-0.05, 0) is 45.1 Å². The summed E-state index contributed by atoms with van der Waals surface area (Å²) in [6, 6.07) is 2.78. The van der Waals surface area contributed by atoms with Crippen LogP contribution in [0.25, 0.3) is 0 Å². The minimum absolute atomic E-state index is 0.235. The first kappa shape index (κ1) is 15.5. The van der Waals surface area contributed by atoms with Crippen molar-refractivity contribution in [3.05, 3.63) is 18.0 Å². The van der Waals surface area contributed by atoms with Crippen LogP contribution >= 0.6 is 0 Å². The zero-order valence-electron chi connectivity index (χ0n) is 12.7. The molecule has 0 bridgehead atoms. The number of nitrogens with one attached hydrogen (secondary N) is 1. The van der Waals surface area contributed by atoms with Crippen LogP contribution < -0.4 is 11.3 Å². The minimum Gasteiger partial charge on any atom is -0.378 e. The fourth-order valence-electron chi connectivity index (χ4n) is 2.69. The minimum atomic E-state index is 0.235. The van der Waals surface area contributed by atoms with Gasteiger partial charge in [0.05, 0.1) is 11.8 Å². The van der Waals surface area contributed by atoms with Crippen molar-refractivity contribution < 1.29 is 4.74 Å². The fraction of sp³-hybridized carbons (Fsp3) is 0.800. The number of nitrogens with zero attached hydrogens (tertiary/aromatic N) is 2. The second-order valence-electron chi connectivity index (χ2n) is 5.84. The first-order valence-corrected chi connectivity index (χ1v) is 7.84. The van der Waals surface area contributed by atoms with E-state index in [1.165, 1.54) is 12.8 Å². The molecule has 3 atom stereocenters. The van der Waals surface area contributed by atoms with Crippen LogP contribution in [0.15, 0.2) is 12.3 Å². The highest BCUT2D eigenvalue weighted by Gasteiger charge is 2.20. The first-order chi connectivity index (χ1) is 9.72. The van der Waals surface area contributed by atoms with E-state index in [0.717, 1.165) is 38.0 Å². The molecule has 5 heteroatoms. The molecule has 3 unspecified atom stereocenters. The van der Waals surface area contributed by atoms with Gasteiger partial charge in [-0.3, -0.25) is 16.0 Å². The monoisotopic (exact) mass is 280 g/mol. The molecular weight excluding hydrogens is 252 g/mol. The van der Waals surface area contributed by atoms with Crippen LogP contribution in [-0.4, -0.2) is 28.5 Å². The molecule has 1 aromatic rings. The Balaban J connectivity index is 1.87. The molecule has 0 aromatic carbocycles. The maximum Gasteiger partial charge on any atom is 0.0640 e. The molecule has 1 aliphatic rings. The van der Waals surface area contributed by atoms with E-state index < -0.39 is 0 Å². The maximum absolute atomic E-state index is 5.79. The van der Waals surface area contributed by atoms with E-state index in [4.69, 9.17) is 10.6 Å². The summed E-state index contributed by atoms with van der Waals surface area (Å²) in [5.74, 6) is 5.69. The lowest BCUT2D eigenvalue weighted by atomic mass is 9.99. The Kier molecular flexibility index (Phi) is 6.01. The number of ether oxygens (including phenoxy) is 1. The maximum atomic E-state index is 5.79. The van der Waals surface area contributed by atoms with Gasteiger partial charge in [0.1, 0.15) is 0 Å². The third kappa shape index (κ3) is 4.30. The topological polar surface area (TPSA) is 65.1 Å². The molecule has 1 saturated heterocycles. The summed E-state index contributed by atoms with van der Waals surface area (Å²) in [7, 11) is 0. The molecule has 1 aromatic heterocycles. The lowest BCUT2D eigenvalue weighted by Crippen LogP contribution is -2.40. The summed E-state index contributed by atoms with van der Waals surface area (Å²) in [6.45, 7) is 5.26. The van der Waals surface area contributed by atoms with Crippen LogP contribution in [0.3, 0.4) is 0 Å². The van der Waals surface area contributed by atoms with Crippen LogP contribution in [0.2, 0.25) is 0 Å². The van der Waals surface area contributed by atoms with Gasteiger partial charge in [-0.25, -0.2) is 0 Å². The molecule has 1 aliphatic heterocycles. The second kappa shape index (κ2) is 7.76. The van der Waals surface area contributed by atoms with Gasteiger partial charge in [0.2, 0.25) is 0 Å². The summed E-state index contributed by atoms with van der Waals surface area (Å²) >= 11 is 0. The van der Waals surface area contributed by atoms with Gasteiger partial charge in [0, 0.05) is 31.3 Å². The van der Waals surface area contributed by atoms with Crippen molar-refractivity contribution in [2.24, 2.45) is 5.84 Å². The lowest BCUT2D eigenvalue weighted by molar-refractivity contribution is 0.00518. The quantitative estimate of drug-likeness (QED) is 0.593. The summed E-state index contributed by atoms with van der Waals surface area (Å²) < 4.78 is 7.83. The van der Waals surface area contributed by atoms with Crippen molar-refractivity contribution in [3.63, 3.8) is 0 Å². The highest BCUT2D eigenvalue weighted by molar-refractivity contribution is 5.02. The van der Waals surface area contributed by atoms with Crippen molar-refractivity contribution >= 4 is 0 Å². The predicted octanol–water partition coefficient (Wildman–Crippen LogP) is 2.19. The van der Waals surface area contributed by atoms with E-state index in [-0.39, 0.29) is 6.04 Å². The molecular formula is C15H28N4O.